The highest BCUT2D eigenvalue weighted by Crippen LogP contribution is 2.31. The van der Waals surface area contributed by atoms with Crippen molar-refractivity contribution in [2.75, 3.05) is 5.32 Å². The Morgan fingerprint density at radius 3 is 2.79 bits per heavy atom. The fourth-order valence-corrected chi connectivity index (χ4v) is 3.06. The summed E-state index contributed by atoms with van der Waals surface area (Å²) in [5.74, 6) is -0.0407. The summed E-state index contributed by atoms with van der Waals surface area (Å²) in [6, 6.07) is 9.30. The van der Waals surface area contributed by atoms with Gasteiger partial charge in [-0.2, -0.15) is 0 Å². The van der Waals surface area contributed by atoms with Gasteiger partial charge in [-0.25, -0.2) is 4.98 Å². The van der Waals surface area contributed by atoms with Gasteiger partial charge in [0.1, 0.15) is 0 Å². The molecule has 0 unspecified atom stereocenters. The molecule has 0 saturated heterocycles. The molecule has 0 fully saturated rings. The third-order valence-electron chi connectivity index (χ3n) is 4.31. The van der Waals surface area contributed by atoms with E-state index in [4.69, 9.17) is 0 Å². The van der Waals surface area contributed by atoms with Crippen LogP contribution in [-0.4, -0.2) is 20.4 Å². The van der Waals surface area contributed by atoms with Crippen LogP contribution in [-0.2, 0) is 17.8 Å². The average Bonchev–Trinajstić information content (AvgIpc) is 3.12. The summed E-state index contributed by atoms with van der Waals surface area (Å²) in [6.45, 7) is 2.53. The van der Waals surface area contributed by atoms with Crippen LogP contribution >= 0.6 is 0 Å². The lowest BCUT2D eigenvalue weighted by atomic mass is 9.98. The van der Waals surface area contributed by atoms with E-state index in [0.29, 0.717) is 18.5 Å². The van der Waals surface area contributed by atoms with Crippen LogP contribution in [0.4, 0.5) is 5.69 Å². The van der Waals surface area contributed by atoms with Gasteiger partial charge >= 0.3 is 0 Å². The molecule has 1 aliphatic heterocycles. The van der Waals surface area contributed by atoms with Crippen LogP contribution < -0.4 is 10.9 Å². The number of rotatable bonds is 3. The van der Waals surface area contributed by atoms with E-state index in [1.807, 2.05) is 41.8 Å². The number of carbonyl (C=O) groups is 1. The maximum absolute atomic E-state index is 12.5. The highest BCUT2D eigenvalue weighted by Gasteiger charge is 2.22. The van der Waals surface area contributed by atoms with Crippen LogP contribution in [0.2, 0.25) is 0 Å². The van der Waals surface area contributed by atoms with E-state index in [9.17, 15) is 9.59 Å². The molecule has 6 nitrogen and oxygen atoms in total. The summed E-state index contributed by atoms with van der Waals surface area (Å²) in [4.78, 5) is 31.2. The Labute approximate surface area is 138 Å². The minimum Gasteiger partial charge on any atom is -0.329 e. The van der Waals surface area contributed by atoms with Gasteiger partial charge in [-0.1, -0.05) is 12.1 Å². The van der Waals surface area contributed by atoms with Gasteiger partial charge in [0.2, 0.25) is 5.91 Å². The van der Waals surface area contributed by atoms with Gasteiger partial charge in [0, 0.05) is 28.8 Å². The Hall–Kier alpha value is -3.15. The number of hydrogen-bond acceptors (Lipinski definition) is 3. The fraction of sp³-hybridized carbons (Fsp3) is 0.167. The molecule has 1 aromatic carbocycles. The molecule has 0 radical (unpaired) electrons. The second-order valence-corrected chi connectivity index (χ2v) is 5.95. The molecule has 3 aromatic rings. The molecule has 0 aliphatic carbocycles. The zero-order valence-electron chi connectivity index (χ0n) is 13.2. The second-order valence-electron chi connectivity index (χ2n) is 5.95. The van der Waals surface area contributed by atoms with Crippen LogP contribution in [0.25, 0.3) is 11.1 Å². The summed E-state index contributed by atoms with van der Waals surface area (Å²) in [7, 11) is 0. The van der Waals surface area contributed by atoms with Gasteiger partial charge in [-0.05, 0) is 36.2 Å². The second kappa shape index (κ2) is 5.49. The predicted molar refractivity (Wildman–Crippen MR) is 90.9 cm³/mol. The van der Waals surface area contributed by atoms with Crippen molar-refractivity contribution in [3.05, 3.63) is 70.2 Å². The Morgan fingerprint density at radius 1 is 1.17 bits per heavy atom. The van der Waals surface area contributed by atoms with E-state index in [1.165, 1.54) is 0 Å². The number of imidazole rings is 1. The number of fused-ring (bicyclic) bond motifs is 1. The summed E-state index contributed by atoms with van der Waals surface area (Å²) in [5.41, 5.74) is 4.74. The third kappa shape index (κ3) is 2.42. The summed E-state index contributed by atoms with van der Waals surface area (Å²) in [5, 5.41) is 2.81. The van der Waals surface area contributed by atoms with Crippen molar-refractivity contribution < 1.29 is 4.79 Å². The van der Waals surface area contributed by atoms with Gasteiger partial charge in [-0.15, -0.1) is 0 Å². The molecule has 0 atom stereocenters. The number of aromatic nitrogens is 3. The van der Waals surface area contributed by atoms with Gasteiger partial charge in [0.05, 0.1) is 19.3 Å². The first-order valence-corrected chi connectivity index (χ1v) is 7.73. The zero-order valence-corrected chi connectivity index (χ0v) is 13.2. The lowest BCUT2D eigenvalue weighted by Crippen LogP contribution is -2.14. The first-order valence-electron chi connectivity index (χ1n) is 7.73. The van der Waals surface area contributed by atoms with E-state index in [2.05, 4.69) is 15.3 Å². The topological polar surface area (TPSA) is 79.8 Å². The Bertz CT molecular complexity index is 1000. The largest absolute Gasteiger partial charge is 0.329 e. The SMILES string of the molecule is Cc1cncn1Cc1ccc(-c2cccc3c2CC(=O)N3)c(=O)[nH]1. The molecule has 120 valence electrons. The maximum atomic E-state index is 12.5. The monoisotopic (exact) mass is 320 g/mol. The van der Waals surface area contributed by atoms with Gasteiger partial charge in [-0.3, -0.25) is 9.59 Å². The van der Waals surface area contributed by atoms with Crippen molar-refractivity contribution in [3.8, 4) is 11.1 Å². The van der Waals surface area contributed by atoms with Crippen molar-refractivity contribution in [1.29, 1.82) is 0 Å². The van der Waals surface area contributed by atoms with Crippen LogP contribution in [0.5, 0.6) is 0 Å². The number of aryl methyl sites for hydroxylation is 1. The van der Waals surface area contributed by atoms with Crippen molar-refractivity contribution in [3.63, 3.8) is 0 Å². The standard InChI is InChI=1S/C18H16N4O2/c1-11-8-19-10-22(11)9-12-5-6-14(18(24)20-12)13-3-2-4-16-15(13)7-17(23)21-16/h2-6,8,10H,7,9H2,1H3,(H,20,24)(H,21,23). The number of aromatic amines is 1. The molecular formula is C18H16N4O2. The highest BCUT2D eigenvalue weighted by atomic mass is 16.1. The number of benzene rings is 1. The molecule has 3 heterocycles. The summed E-state index contributed by atoms with van der Waals surface area (Å²) < 4.78 is 1.97. The number of nitrogens with zero attached hydrogens (tertiary/aromatic N) is 2. The minimum atomic E-state index is -0.155. The smallest absolute Gasteiger partial charge is 0.256 e. The minimum absolute atomic E-state index is 0.0407. The zero-order chi connectivity index (χ0) is 16.7. The number of pyridine rings is 1. The van der Waals surface area contributed by atoms with Crippen molar-refractivity contribution in [1.82, 2.24) is 14.5 Å². The van der Waals surface area contributed by atoms with E-state index in [1.54, 1.807) is 12.5 Å². The first kappa shape index (κ1) is 14.4. The molecule has 0 saturated carbocycles. The lowest BCUT2D eigenvalue weighted by Gasteiger charge is -2.09. The van der Waals surface area contributed by atoms with E-state index in [-0.39, 0.29) is 11.5 Å². The normalized spacial score (nSPS) is 13.0. The van der Waals surface area contributed by atoms with Crippen LogP contribution in [0.3, 0.4) is 0 Å². The number of carbonyl (C=O) groups excluding carboxylic acids is 1. The van der Waals surface area contributed by atoms with Gasteiger partial charge in [0.25, 0.3) is 5.56 Å². The molecular weight excluding hydrogens is 304 g/mol. The molecule has 0 bridgehead atoms. The lowest BCUT2D eigenvalue weighted by molar-refractivity contribution is -0.115. The number of amides is 1. The molecule has 1 aliphatic rings. The molecule has 4 rings (SSSR count). The van der Waals surface area contributed by atoms with Gasteiger partial charge in [0.15, 0.2) is 0 Å². The quantitative estimate of drug-likeness (QED) is 0.775. The predicted octanol–water partition coefficient (Wildman–Crippen LogP) is 2.09. The number of hydrogen-bond donors (Lipinski definition) is 2. The summed E-state index contributed by atoms with van der Waals surface area (Å²) in [6.07, 6.45) is 3.83. The highest BCUT2D eigenvalue weighted by molar-refractivity contribution is 6.01. The Balaban J connectivity index is 1.72. The number of nitrogens with one attached hydrogen (secondary N) is 2. The number of H-pyrrole nitrogens is 1. The fourth-order valence-electron chi connectivity index (χ4n) is 3.06. The summed E-state index contributed by atoms with van der Waals surface area (Å²) >= 11 is 0. The molecule has 6 heteroatoms. The van der Waals surface area contributed by atoms with Crippen molar-refractivity contribution >= 4 is 11.6 Å². The molecule has 24 heavy (non-hydrogen) atoms. The van der Waals surface area contributed by atoms with Gasteiger partial charge < -0.3 is 14.9 Å². The molecule has 2 aromatic heterocycles. The van der Waals surface area contributed by atoms with E-state index >= 15 is 0 Å². The Morgan fingerprint density at radius 2 is 2.04 bits per heavy atom. The van der Waals surface area contributed by atoms with Crippen LogP contribution in [0.1, 0.15) is 17.0 Å². The molecule has 0 spiro atoms. The van der Waals surface area contributed by atoms with E-state index in [0.717, 1.165) is 28.2 Å². The van der Waals surface area contributed by atoms with Crippen LogP contribution in [0.15, 0.2) is 47.7 Å². The Kier molecular flexibility index (Phi) is 3.30. The maximum Gasteiger partial charge on any atom is 0.256 e. The first-order chi connectivity index (χ1) is 11.6. The number of anilines is 1. The van der Waals surface area contributed by atoms with Crippen molar-refractivity contribution in [2.24, 2.45) is 0 Å². The average molecular weight is 320 g/mol. The third-order valence-corrected chi connectivity index (χ3v) is 4.31. The van der Waals surface area contributed by atoms with Crippen LogP contribution in [0, 0.1) is 6.92 Å². The van der Waals surface area contributed by atoms with E-state index < -0.39 is 0 Å². The molecule has 1 amide bonds. The molecule has 2 N–H and O–H groups in total. The van der Waals surface area contributed by atoms with Crippen molar-refractivity contribution in [2.45, 2.75) is 19.9 Å².